The fourth-order valence-electron chi connectivity index (χ4n) is 4.23. The zero-order valence-electron chi connectivity index (χ0n) is 18.1. The van der Waals surface area contributed by atoms with Crippen LogP contribution in [0.2, 0.25) is 0 Å². The van der Waals surface area contributed by atoms with Crippen molar-refractivity contribution < 1.29 is 13.6 Å². The first kappa shape index (κ1) is 22.0. The minimum atomic E-state index is -0.291. The van der Waals surface area contributed by atoms with E-state index in [1.807, 2.05) is 29.2 Å². The molecule has 0 bridgehead atoms. The van der Waals surface area contributed by atoms with Crippen molar-refractivity contribution in [2.45, 2.75) is 19.4 Å². The molecule has 0 spiro atoms. The van der Waals surface area contributed by atoms with Crippen LogP contribution in [0.4, 0.5) is 19.3 Å². The molecule has 2 amide bonds. The third kappa shape index (κ3) is 4.97. The molecule has 0 saturated carbocycles. The summed E-state index contributed by atoms with van der Waals surface area (Å²) in [6.45, 7) is 4.51. The molecule has 166 valence electrons. The molecule has 0 radical (unpaired) electrons. The Morgan fingerprint density at radius 3 is 1.91 bits per heavy atom. The summed E-state index contributed by atoms with van der Waals surface area (Å²) in [7, 11) is 0. The molecule has 0 aromatic heterocycles. The highest BCUT2D eigenvalue weighted by atomic mass is 19.1. The van der Waals surface area contributed by atoms with E-state index in [-0.39, 0.29) is 23.7 Å². The SMILES string of the molecule is CCc1ccccc1NC(=O)N1CCN(C(c2ccc(F)cc2)c2ccc(F)cc2)CC1. The van der Waals surface area contributed by atoms with Crippen molar-refractivity contribution >= 4 is 11.7 Å². The largest absolute Gasteiger partial charge is 0.322 e. The summed E-state index contributed by atoms with van der Waals surface area (Å²) in [5.74, 6) is -0.582. The van der Waals surface area contributed by atoms with Gasteiger partial charge in [0.2, 0.25) is 0 Å². The maximum Gasteiger partial charge on any atom is 0.321 e. The quantitative estimate of drug-likeness (QED) is 0.577. The van der Waals surface area contributed by atoms with E-state index < -0.39 is 0 Å². The molecule has 3 aromatic carbocycles. The van der Waals surface area contributed by atoms with E-state index in [1.54, 1.807) is 24.3 Å². The van der Waals surface area contributed by atoms with Crippen LogP contribution < -0.4 is 5.32 Å². The molecular formula is C26H27F2N3O. The van der Waals surface area contributed by atoms with Crippen LogP contribution in [0.5, 0.6) is 0 Å². The summed E-state index contributed by atoms with van der Waals surface area (Å²) in [5, 5.41) is 3.04. The Kier molecular flexibility index (Phi) is 6.81. The van der Waals surface area contributed by atoms with Gasteiger partial charge >= 0.3 is 6.03 Å². The second-order valence-corrected chi connectivity index (χ2v) is 7.97. The highest BCUT2D eigenvalue weighted by Gasteiger charge is 2.28. The van der Waals surface area contributed by atoms with Crippen molar-refractivity contribution in [3.05, 3.63) is 101 Å². The first-order valence-corrected chi connectivity index (χ1v) is 10.9. The lowest BCUT2D eigenvalue weighted by atomic mass is 9.96. The van der Waals surface area contributed by atoms with Gasteiger partial charge in [-0.2, -0.15) is 0 Å². The summed E-state index contributed by atoms with van der Waals surface area (Å²) in [5.41, 5.74) is 3.82. The van der Waals surface area contributed by atoms with Crippen molar-refractivity contribution in [2.24, 2.45) is 0 Å². The van der Waals surface area contributed by atoms with Crippen LogP contribution in [-0.2, 0) is 6.42 Å². The van der Waals surface area contributed by atoms with Crippen molar-refractivity contribution in [2.75, 3.05) is 31.5 Å². The van der Waals surface area contributed by atoms with Crippen LogP contribution in [0, 0.1) is 11.6 Å². The molecule has 1 fully saturated rings. The second-order valence-electron chi connectivity index (χ2n) is 7.97. The Labute approximate surface area is 187 Å². The van der Waals surface area contributed by atoms with Crippen molar-refractivity contribution in [1.82, 2.24) is 9.80 Å². The number of halogens is 2. The monoisotopic (exact) mass is 435 g/mol. The summed E-state index contributed by atoms with van der Waals surface area (Å²) in [6.07, 6.45) is 0.848. The van der Waals surface area contributed by atoms with Crippen LogP contribution >= 0.6 is 0 Å². The topological polar surface area (TPSA) is 35.6 Å². The van der Waals surface area contributed by atoms with Crippen molar-refractivity contribution in [1.29, 1.82) is 0 Å². The Morgan fingerprint density at radius 2 is 1.38 bits per heavy atom. The van der Waals surface area contributed by atoms with Gasteiger partial charge in [-0.05, 0) is 53.4 Å². The lowest BCUT2D eigenvalue weighted by molar-refractivity contribution is 0.126. The maximum absolute atomic E-state index is 13.5. The number of nitrogens with zero attached hydrogens (tertiary/aromatic N) is 2. The molecule has 1 aliphatic heterocycles. The Bertz CT molecular complexity index is 1000. The number of rotatable bonds is 5. The average Bonchev–Trinajstić information content (AvgIpc) is 2.82. The predicted octanol–water partition coefficient (Wildman–Crippen LogP) is 5.47. The molecule has 0 aliphatic carbocycles. The normalized spacial score (nSPS) is 14.6. The van der Waals surface area contributed by atoms with Gasteiger partial charge in [-0.1, -0.05) is 49.4 Å². The predicted molar refractivity (Wildman–Crippen MR) is 123 cm³/mol. The number of aryl methyl sites for hydroxylation is 1. The third-order valence-electron chi connectivity index (χ3n) is 5.98. The third-order valence-corrected chi connectivity index (χ3v) is 5.98. The van der Waals surface area contributed by atoms with E-state index in [2.05, 4.69) is 17.1 Å². The molecule has 32 heavy (non-hydrogen) atoms. The van der Waals surface area contributed by atoms with Gasteiger partial charge in [-0.3, -0.25) is 4.90 Å². The first-order chi connectivity index (χ1) is 15.5. The van der Waals surface area contributed by atoms with Crippen LogP contribution in [0.3, 0.4) is 0 Å². The van der Waals surface area contributed by atoms with Gasteiger partial charge in [-0.25, -0.2) is 13.6 Å². The number of para-hydroxylation sites is 1. The molecule has 0 atom stereocenters. The molecule has 3 aromatic rings. The number of carbonyl (C=O) groups excluding carboxylic acids is 1. The van der Waals surface area contributed by atoms with E-state index in [0.717, 1.165) is 28.8 Å². The maximum atomic E-state index is 13.5. The number of nitrogens with one attached hydrogen (secondary N) is 1. The number of hydrogen-bond acceptors (Lipinski definition) is 2. The number of piperazine rings is 1. The van der Waals surface area contributed by atoms with Gasteiger partial charge in [0.15, 0.2) is 0 Å². The van der Waals surface area contributed by atoms with Crippen molar-refractivity contribution in [3.8, 4) is 0 Å². The van der Waals surface area contributed by atoms with Crippen LogP contribution in [-0.4, -0.2) is 42.0 Å². The molecule has 4 rings (SSSR count). The molecule has 1 aliphatic rings. The second kappa shape index (κ2) is 9.92. The van der Waals surface area contributed by atoms with Gasteiger partial charge in [0, 0.05) is 31.9 Å². The molecular weight excluding hydrogens is 408 g/mol. The minimum Gasteiger partial charge on any atom is -0.322 e. The average molecular weight is 436 g/mol. The zero-order valence-corrected chi connectivity index (χ0v) is 18.1. The summed E-state index contributed by atoms with van der Waals surface area (Å²) >= 11 is 0. The highest BCUT2D eigenvalue weighted by Crippen LogP contribution is 2.30. The van der Waals surface area contributed by atoms with E-state index in [1.165, 1.54) is 24.3 Å². The lowest BCUT2D eigenvalue weighted by Gasteiger charge is -2.39. The number of carbonyl (C=O) groups is 1. The van der Waals surface area contributed by atoms with E-state index in [4.69, 9.17) is 0 Å². The van der Waals surface area contributed by atoms with E-state index in [0.29, 0.717) is 26.2 Å². The molecule has 0 unspecified atom stereocenters. The summed E-state index contributed by atoms with van der Waals surface area (Å²) in [6, 6.07) is 20.4. The molecule has 1 saturated heterocycles. The van der Waals surface area contributed by atoms with Gasteiger partial charge in [0.1, 0.15) is 11.6 Å². The van der Waals surface area contributed by atoms with Gasteiger partial charge in [0.25, 0.3) is 0 Å². The zero-order chi connectivity index (χ0) is 22.5. The van der Waals surface area contributed by atoms with Crippen molar-refractivity contribution in [3.63, 3.8) is 0 Å². The number of hydrogen-bond donors (Lipinski definition) is 1. The number of benzene rings is 3. The summed E-state index contributed by atoms with van der Waals surface area (Å²) < 4.78 is 27.0. The minimum absolute atomic E-state index is 0.106. The fourth-order valence-corrected chi connectivity index (χ4v) is 4.23. The molecule has 1 N–H and O–H groups in total. The molecule has 4 nitrogen and oxygen atoms in total. The Hall–Kier alpha value is -3.25. The Balaban J connectivity index is 1.48. The smallest absolute Gasteiger partial charge is 0.321 e. The standard InChI is InChI=1S/C26H27F2N3O/c1-2-19-5-3-4-6-24(19)29-26(32)31-17-15-30(16-18-31)25(20-7-11-22(27)12-8-20)21-9-13-23(28)14-10-21/h3-14,25H,2,15-18H2,1H3,(H,29,32). The van der Waals surface area contributed by atoms with E-state index in [9.17, 15) is 13.6 Å². The highest BCUT2D eigenvalue weighted by molar-refractivity contribution is 5.90. The number of amides is 2. The Morgan fingerprint density at radius 1 is 0.844 bits per heavy atom. The lowest BCUT2D eigenvalue weighted by Crippen LogP contribution is -2.51. The molecule has 1 heterocycles. The van der Waals surface area contributed by atoms with Gasteiger partial charge < -0.3 is 10.2 Å². The van der Waals surface area contributed by atoms with E-state index >= 15 is 0 Å². The fraction of sp³-hybridized carbons (Fsp3) is 0.269. The number of anilines is 1. The first-order valence-electron chi connectivity index (χ1n) is 10.9. The van der Waals surface area contributed by atoms with Gasteiger partial charge in [0.05, 0.1) is 6.04 Å². The van der Waals surface area contributed by atoms with Crippen LogP contribution in [0.25, 0.3) is 0 Å². The van der Waals surface area contributed by atoms with Gasteiger partial charge in [-0.15, -0.1) is 0 Å². The molecule has 6 heteroatoms. The van der Waals surface area contributed by atoms with Crippen LogP contribution in [0.15, 0.2) is 72.8 Å². The number of urea groups is 1. The summed E-state index contributed by atoms with van der Waals surface area (Å²) in [4.78, 5) is 16.9. The van der Waals surface area contributed by atoms with Crippen LogP contribution in [0.1, 0.15) is 29.7 Å².